The molecule has 1 rings (SSSR count). The Kier molecular flexibility index (Phi) is 5.94. The van der Waals surface area contributed by atoms with Crippen molar-refractivity contribution in [3.05, 3.63) is 22.7 Å². The van der Waals surface area contributed by atoms with E-state index in [2.05, 4.69) is 11.8 Å². The molecule has 1 aromatic carbocycles. The Hall–Kier alpha value is -1.81. The summed E-state index contributed by atoms with van der Waals surface area (Å²) in [5.41, 5.74) is 0.863. The van der Waals surface area contributed by atoms with Crippen LogP contribution in [0.25, 0.3) is 0 Å². The molecule has 1 aromatic rings. The van der Waals surface area contributed by atoms with Gasteiger partial charge >= 0.3 is 0 Å². The average Bonchev–Trinajstić information content (AvgIpc) is 2.35. The number of hydrogen-bond donors (Lipinski definition) is 0. The number of ether oxygens (including phenoxy) is 3. The summed E-state index contributed by atoms with van der Waals surface area (Å²) in [7, 11) is 1.60. The second-order valence-electron chi connectivity index (χ2n) is 3.32. The van der Waals surface area contributed by atoms with Gasteiger partial charge in [0.15, 0.2) is 11.5 Å². The molecule has 94 valence electrons. The van der Waals surface area contributed by atoms with Gasteiger partial charge in [-0.05, 0) is 17.7 Å². The predicted octanol–water partition coefficient (Wildman–Crippen LogP) is 2.51. The number of methoxy groups -OCH3 is 1. The summed E-state index contributed by atoms with van der Waals surface area (Å²) in [6.45, 7) is 0.649. The smallest absolute Gasteiger partial charge is 0.181 e. The van der Waals surface area contributed by atoms with Crippen LogP contribution in [0, 0.1) is 24.7 Å². The molecule has 0 atom stereocenters. The number of hydrogen-bond acceptors (Lipinski definition) is 3. The highest BCUT2D eigenvalue weighted by molar-refractivity contribution is 6.32. The van der Waals surface area contributed by atoms with Gasteiger partial charge in [0.1, 0.15) is 13.2 Å². The molecule has 0 radical (unpaired) electrons. The Morgan fingerprint density at radius 1 is 1.17 bits per heavy atom. The maximum Gasteiger partial charge on any atom is 0.181 e. The molecule has 0 aliphatic carbocycles. The third kappa shape index (κ3) is 3.89. The van der Waals surface area contributed by atoms with Crippen LogP contribution in [0.1, 0.15) is 5.56 Å². The molecule has 18 heavy (non-hydrogen) atoms. The first-order valence-corrected chi connectivity index (χ1v) is 5.54. The molecule has 0 aromatic heterocycles. The van der Waals surface area contributed by atoms with Crippen LogP contribution in [0.15, 0.2) is 12.1 Å². The SMILES string of the molecule is C#CCOc1cc(COC)cc(Cl)c1OCC#C. The van der Waals surface area contributed by atoms with Crippen LogP contribution in [0.2, 0.25) is 5.02 Å². The summed E-state index contributed by atoms with van der Waals surface area (Å²) < 4.78 is 15.8. The second kappa shape index (κ2) is 7.50. The van der Waals surface area contributed by atoms with Gasteiger partial charge in [-0.1, -0.05) is 23.4 Å². The van der Waals surface area contributed by atoms with Gasteiger partial charge in [-0.25, -0.2) is 0 Å². The van der Waals surface area contributed by atoms with E-state index in [-0.39, 0.29) is 13.2 Å². The maximum absolute atomic E-state index is 6.10. The van der Waals surface area contributed by atoms with Crippen LogP contribution in [-0.2, 0) is 11.3 Å². The average molecular weight is 265 g/mol. The van der Waals surface area contributed by atoms with Gasteiger partial charge in [-0.15, -0.1) is 12.8 Å². The Labute approximate surface area is 112 Å². The highest BCUT2D eigenvalue weighted by Crippen LogP contribution is 2.36. The molecule has 0 aliphatic heterocycles. The topological polar surface area (TPSA) is 27.7 Å². The van der Waals surface area contributed by atoms with E-state index in [0.717, 1.165) is 5.56 Å². The number of rotatable bonds is 6. The summed E-state index contributed by atoms with van der Waals surface area (Å²) in [4.78, 5) is 0. The number of terminal acetylenes is 2. The molecule has 4 heteroatoms. The first kappa shape index (κ1) is 14.3. The fourth-order valence-electron chi connectivity index (χ4n) is 1.35. The highest BCUT2D eigenvalue weighted by Gasteiger charge is 2.12. The molecule has 0 saturated heterocycles. The van der Waals surface area contributed by atoms with Crippen LogP contribution in [-0.4, -0.2) is 20.3 Å². The van der Waals surface area contributed by atoms with Crippen LogP contribution in [0.4, 0.5) is 0 Å². The molecule has 3 nitrogen and oxygen atoms in total. The summed E-state index contributed by atoms with van der Waals surface area (Å²) in [5, 5.41) is 0.409. The molecular formula is C14H13ClO3. The van der Waals surface area contributed by atoms with Crippen molar-refractivity contribution >= 4 is 11.6 Å². The van der Waals surface area contributed by atoms with Gasteiger partial charge in [0.2, 0.25) is 0 Å². The van der Waals surface area contributed by atoms with Gasteiger partial charge in [-0.2, -0.15) is 0 Å². The lowest BCUT2D eigenvalue weighted by Gasteiger charge is -2.13. The van der Waals surface area contributed by atoms with Crippen LogP contribution in [0.5, 0.6) is 11.5 Å². The zero-order valence-corrected chi connectivity index (χ0v) is 10.8. The number of halogens is 1. The van der Waals surface area contributed by atoms with Crippen molar-refractivity contribution in [3.63, 3.8) is 0 Å². The summed E-state index contributed by atoms with van der Waals surface area (Å²) in [6.07, 6.45) is 10.3. The van der Waals surface area contributed by atoms with Gasteiger partial charge in [0.25, 0.3) is 0 Å². The zero-order chi connectivity index (χ0) is 13.4. The van der Waals surface area contributed by atoms with Crippen molar-refractivity contribution in [1.29, 1.82) is 0 Å². The molecule has 0 saturated carbocycles. The van der Waals surface area contributed by atoms with Crippen LogP contribution < -0.4 is 9.47 Å². The third-order valence-corrected chi connectivity index (χ3v) is 2.27. The first-order valence-electron chi connectivity index (χ1n) is 5.16. The number of benzene rings is 1. The largest absolute Gasteiger partial charge is 0.477 e. The Morgan fingerprint density at radius 2 is 1.83 bits per heavy atom. The van der Waals surface area contributed by atoms with E-state index in [1.165, 1.54) is 0 Å². The van der Waals surface area contributed by atoms with E-state index >= 15 is 0 Å². The van der Waals surface area contributed by atoms with Crippen LogP contribution in [0.3, 0.4) is 0 Å². The van der Waals surface area contributed by atoms with E-state index < -0.39 is 0 Å². The van der Waals surface area contributed by atoms with Crippen molar-refractivity contribution in [2.24, 2.45) is 0 Å². The normalized spacial score (nSPS) is 9.33. The van der Waals surface area contributed by atoms with Gasteiger partial charge in [-0.3, -0.25) is 0 Å². The van der Waals surface area contributed by atoms with Crippen molar-refractivity contribution < 1.29 is 14.2 Å². The van der Waals surface area contributed by atoms with E-state index in [1.807, 2.05) is 0 Å². The minimum absolute atomic E-state index is 0.107. The summed E-state index contributed by atoms with van der Waals surface area (Å²) >= 11 is 6.10. The fraction of sp³-hybridized carbons (Fsp3) is 0.286. The fourth-order valence-corrected chi connectivity index (χ4v) is 1.64. The Bertz CT molecular complexity index is 483. The summed E-state index contributed by atoms with van der Waals surface area (Å²) in [6, 6.07) is 3.50. The van der Waals surface area contributed by atoms with Gasteiger partial charge in [0, 0.05) is 7.11 Å². The quantitative estimate of drug-likeness (QED) is 0.739. The van der Waals surface area contributed by atoms with E-state index in [0.29, 0.717) is 23.1 Å². The third-order valence-electron chi connectivity index (χ3n) is 1.99. The molecule has 0 heterocycles. The molecule has 0 fully saturated rings. The molecule has 0 unspecified atom stereocenters. The molecule has 0 spiro atoms. The van der Waals surface area contributed by atoms with E-state index in [1.54, 1.807) is 19.2 Å². The van der Waals surface area contributed by atoms with E-state index in [9.17, 15) is 0 Å². The van der Waals surface area contributed by atoms with Gasteiger partial charge < -0.3 is 14.2 Å². The van der Waals surface area contributed by atoms with E-state index in [4.69, 9.17) is 38.7 Å². The van der Waals surface area contributed by atoms with Crippen molar-refractivity contribution in [2.45, 2.75) is 6.61 Å². The molecule has 0 aliphatic rings. The Balaban J connectivity index is 3.05. The van der Waals surface area contributed by atoms with Crippen molar-refractivity contribution in [2.75, 3.05) is 20.3 Å². The lowest BCUT2D eigenvalue weighted by molar-refractivity contribution is 0.184. The molecule has 0 amide bonds. The standard InChI is InChI=1S/C14H13ClO3/c1-4-6-17-13-9-11(10-16-3)8-12(15)14(13)18-7-5-2/h1-2,8-9H,6-7,10H2,3H3. The minimum atomic E-state index is 0.107. The molecular weight excluding hydrogens is 252 g/mol. The highest BCUT2D eigenvalue weighted by atomic mass is 35.5. The zero-order valence-electron chi connectivity index (χ0n) is 10.0. The Morgan fingerprint density at radius 3 is 2.44 bits per heavy atom. The molecule has 0 bridgehead atoms. The lowest BCUT2D eigenvalue weighted by atomic mass is 10.2. The predicted molar refractivity (Wildman–Crippen MR) is 70.8 cm³/mol. The lowest BCUT2D eigenvalue weighted by Crippen LogP contribution is -2.02. The first-order chi connectivity index (χ1) is 8.72. The summed E-state index contributed by atoms with van der Waals surface area (Å²) in [5.74, 6) is 5.60. The maximum atomic E-state index is 6.10. The van der Waals surface area contributed by atoms with Crippen molar-refractivity contribution in [3.8, 4) is 36.2 Å². The second-order valence-corrected chi connectivity index (χ2v) is 3.73. The monoisotopic (exact) mass is 264 g/mol. The van der Waals surface area contributed by atoms with Gasteiger partial charge in [0.05, 0.1) is 11.6 Å². The van der Waals surface area contributed by atoms with Crippen LogP contribution >= 0.6 is 11.6 Å². The minimum Gasteiger partial charge on any atom is -0.477 e. The van der Waals surface area contributed by atoms with Crippen molar-refractivity contribution in [1.82, 2.24) is 0 Å². The molecule has 0 N–H and O–H groups in total.